The van der Waals surface area contributed by atoms with Gasteiger partial charge >= 0.3 is 12.1 Å². The maximum Gasteiger partial charge on any atom is 0.411 e. The first-order chi connectivity index (χ1) is 20.0. The third-order valence-corrected chi connectivity index (χ3v) is 8.13. The molecular weight excluding hydrogens is 528 g/mol. The number of likely N-dealkylation sites (tertiary alicyclic amines) is 1. The smallest absolute Gasteiger partial charge is 0.411 e. The van der Waals surface area contributed by atoms with Gasteiger partial charge in [0.05, 0.1) is 12.1 Å². The average molecular weight is 567 g/mol. The molecule has 2 heterocycles. The van der Waals surface area contributed by atoms with Crippen LogP contribution in [-0.2, 0) is 25.5 Å². The molecular formula is C35H38N2O5. The number of carbonyl (C=O) groups is 3. The minimum Gasteiger partial charge on any atom is -0.458 e. The van der Waals surface area contributed by atoms with Crippen LogP contribution in [0.2, 0.25) is 0 Å². The van der Waals surface area contributed by atoms with E-state index in [0.717, 1.165) is 16.7 Å². The lowest BCUT2D eigenvalue weighted by atomic mass is 9.66. The molecule has 4 atom stereocenters. The van der Waals surface area contributed by atoms with Gasteiger partial charge in [0.2, 0.25) is 0 Å². The van der Waals surface area contributed by atoms with Gasteiger partial charge in [0.15, 0.2) is 5.54 Å². The zero-order valence-electron chi connectivity index (χ0n) is 24.7. The van der Waals surface area contributed by atoms with Crippen LogP contribution in [0.4, 0.5) is 4.79 Å². The van der Waals surface area contributed by atoms with Crippen LogP contribution in [-0.4, -0.2) is 51.1 Å². The number of amides is 2. The summed E-state index contributed by atoms with van der Waals surface area (Å²) in [4.78, 5) is 45.9. The highest BCUT2D eigenvalue weighted by Crippen LogP contribution is 2.56. The number of β-lactam (4-membered cyclic amide) rings is 1. The summed E-state index contributed by atoms with van der Waals surface area (Å²) in [6.07, 6.45) is 1.48. The van der Waals surface area contributed by atoms with Crippen molar-refractivity contribution in [2.45, 2.75) is 69.3 Å². The number of rotatable bonds is 9. The predicted octanol–water partition coefficient (Wildman–Crippen LogP) is 6.42. The molecule has 2 aliphatic heterocycles. The zero-order valence-corrected chi connectivity index (χ0v) is 24.7. The highest BCUT2D eigenvalue weighted by atomic mass is 16.6. The lowest BCUT2D eigenvalue weighted by Crippen LogP contribution is -2.81. The van der Waals surface area contributed by atoms with Crippen molar-refractivity contribution in [1.82, 2.24) is 9.80 Å². The maximum absolute atomic E-state index is 15.0. The molecule has 0 spiro atoms. The van der Waals surface area contributed by atoms with Gasteiger partial charge in [-0.2, -0.15) is 0 Å². The van der Waals surface area contributed by atoms with Gasteiger partial charge in [-0.25, -0.2) is 9.59 Å². The van der Waals surface area contributed by atoms with Crippen molar-refractivity contribution in [2.24, 2.45) is 0 Å². The first-order valence-corrected chi connectivity index (χ1v) is 14.3. The maximum atomic E-state index is 15.0. The fourth-order valence-corrected chi connectivity index (χ4v) is 6.29. The summed E-state index contributed by atoms with van der Waals surface area (Å²) in [5.74, 6) is -0.865. The largest absolute Gasteiger partial charge is 0.458 e. The van der Waals surface area contributed by atoms with Crippen LogP contribution in [0, 0.1) is 0 Å². The van der Waals surface area contributed by atoms with Gasteiger partial charge in [-0.15, -0.1) is 6.58 Å². The highest BCUT2D eigenvalue weighted by Gasteiger charge is 2.72. The topological polar surface area (TPSA) is 76.2 Å². The van der Waals surface area contributed by atoms with Gasteiger partial charge in [-0.05, 0) is 50.8 Å². The fraction of sp³-hybridized carbons (Fsp3) is 0.343. The standard InChI is InChI=1S/C35H38N2O5/c1-6-22-34(5,31(39)42-33(2,3)4)37-29(27-20-14-9-15-21-27)35(30(37)38,23-25-16-10-7-11-17-25)36-28(24-41-32(36)40)26-18-12-8-13-19-26/h6-21,28-29H,1,22-24H2,2-5H3/t28-,29-,34-,35+/m1/s1. The van der Waals surface area contributed by atoms with E-state index in [0.29, 0.717) is 0 Å². The van der Waals surface area contributed by atoms with Crippen LogP contribution in [0.5, 0.6) is 0 Å². The highest BCUT2D eigenvalue weighted by molar-refractivity contribution is 6.02. The molecule has 0 N–H and O–H groups in total. The molecule has 0 aliphatic carbocycles. The number of carbonyl (C=O) groups excluding carboxylic acids is 3. The molecule has 3 aromatic carbocycles. The van der Waals surface area contributed by atoms with E-state index >= 15 is 4.79 Å². The summed E-state index contributed by atoms with van der Waals surface area (Å²) in [7, 11) is 0. The Bertz CT molecular complexity index is 1450. The van der Waals surface area contributed by atoms with Gasteiger partial charge in [0, 0.05) is 6.42 Å². The van der Waals surface area contributed by atoms with Crippen molar-refractivity contribution in [3.8, 4) is 0 Å². The number of benzene rings is 3. The fourth-order valence-electron chi connectivity index (χ4n) is 6.29. The third-order valence-electron chi connectivity index (χ3n) is 8.13. The number of ether oxygens (including phenoxy) is 2. The van der Waals surface area contributed by atoms with E-state index < -0.39 is 40.8 Å². The summed E-state index contributed by atoms with van der Waals surface area (Å²) in [5.41, 5.74) is -0.956. The Balaban J connectivity index is 1.73. The minimum atomic E-state index is -1.38. The molecule has 7 nitrogen and oxygen atoms in total. The summed E-state index contributed by atoms with van der Waals surface area (Å²) in [5, 5.41) is 0. The summed E-state index contributed by atoms with van der Waals surface area (Å²) < 4.78 is 11.6. The molecule has 42 heavy (non-hydrogen) atoms. The Morgan fingerprint density at radius 1 is 0.929 bits per heavy atom. The molecule has 7 heteroatoms. The van der Waals surface area contributed by atoms with Gasteiger partial charge in [-0.1, -0.05) is 97.1 Å². The second-order valence-electron chi connectivity index (χ2n) is 12.2. The number of esters is 1. The van der Waals surface area contributed by atoms with Gasteiger partial charge < -0.3 is 14.4 Å². The molecule has 0 radical (unpaired) electrons. The Labute approximate surface area is 247 Å². The number of nitrogens with zero attached hydrogens (tertiary/aromatic N) is 2. The van der Waals surface area contributed by atoms with Crippen molar-refractivity contribution in [3.63, 3.8) is 0 Å². The van der Waals surface area contributed by atoms with Crippen molar-refractivity contribution in [2.75, 3.05) is 6.61 Å². The normalized spacial score (nSPS) is 23.5. The van der Waals surface area contributed by atoms with Crippen LogP contribution in [0.1, 0.15) is 62.9 Å². The lowest BCUT2D eigenvalue weighted by molar-refractivity contribution is -0.203. The van der Waals surface area contributed by atoms with Crippen molar-refractivity contribution in [1.29, 1.82) is 0 Å². The van der Waals surface area contributed by atoms with Crippen LogP contribution in [0.3, 0.4) is 0 Å². The summed E-state index contributed by atoms with van der Waals surface area (Å²) in [6, 6.07) is 27.7. The molecule has 2 saturated heterocycles. The average Bonchev–Trinajstić information content (AvgIpc) is 3.36. The first-order valence-electron chi connectivity index (χ1n) is 14.3. The number of cyclic esters (lactones) is 1. The molecule has 0 aromatic heterocycles. The SMILES string of the molecule is C=CC[C@](C)(C(=O)OC(C)(C)C)N1C(=O)[C@@](Cc2ccccc2)(N2C(=O)OC[C@@H]2c2ccccc2)[C@H]1c1ccccc1. The van der Waals surface area contributed by atoms with Crippen molar-refractivity contribution in [3.05, 3.63) is 120 Å². The van der Waals surface area contributed by atoms with Gasteiger partial charge in [0.25, 0.3) is 5.91 Å². The first kappa shape index (κ1) is 29.1. The van der Waals surface area contributed by atoms with Crippen LogP contribution < -0.4 is 0 Å². The second kappa shape index (κ2) is 11.1. The predicted molar refractivity (Wildman–Crippen MR) is 160 cm³/mol. The number of hydrogen-bond donors (Lipinski definition) is 0. The Morgan fingerprint density at radius 2 is 1.48 bits per heavy atom. The minimum absolute atomic E-state index is 0.115. The summed E-state index contributed by atoms with van der Waals surface area (Å²) in [6.45, 7) is 11.1. The zero-order chi connectivity index (χ0) is 30.1. The van der Waals surface area contributed by atoms with Gasteiger partial charge in [0.1, 0.15) is 17.7 Å². The molecule has 0 bridgehead atoms. The monoisotopic (exact) mass is 566 g/mol. The van der Waals surface area contributed by atoms with Crippen molar-refractivity contribution >= 4 is 18.0 Å². The second-order valence-corrected chi connectivity index (χ2v) is 12.2. The number of hydrogen-bond acceptors (Lipinski definition) is 5. The van der Waals surface area contributed by atoms with Crippen LogP contribution in [0.15, 0.2) is 104 Å². The Morgan fingerprint density at radius 3 is 2.02 bits per heavy atom. The lowest BCUT2D eigenvalue weighted by Gasteiger charge is -2.64. The van der Waals surface area contributed by atoms with Crippen molar-refractivity contribution < 1.29 is 23.9 Å². The molecule has 2 amide bonds. The van der Waals surface area contributed by atoms with E-state index in [-0.39, 0.29) is 25.4 Å². The van der Waals surface area contributed by atoms with Crippen LogP contribution >= 0.6 is 0 Å². The Kier molecular flexibility index (Phi) is 7.71. The molecule has 0 unspecified atom stereocenters. The van der Waals surface area contributed by atoms with E-state index in [1.807, 2.05) is 91.0 Å². The molecule has 3 aromatic rings. The van der Waals surface area contributed by atoms with E-state index in [1.165, 1.54) is 0 Å². The molecule has 0 saturated carbocycles. The van der Waals surface area contributed by atoms with E-state index in [2.05, 4.69) is 6.58 Å². The molecule has 5 rings (SSSR count). The molecule has 218 valence electrons. The summed E-state index contributed by atoms with van der Waals surface area (Å²) >= 11 is 0. The molecule has 2 aliphatic rings. The van der Waals surface area contributed by atoms with E-state index in [9.17, 15) is 9.59 Å². The third kappa shape index (κ3) is 4.97. The van der Waals surface area contributed by atoms with Gasteiger partial charge in [-0.3, -0.25) is 9.69 Å². The Hall–Kier alpha value is -4.39. The molecule has 2 fully saturated rings. The van der Waals surface area contributed by atoms with E-state index in [1.54, 1.807) is 43.6 Å². The quantitative estimate of drug-likeness (QED) is 0.170. The van der Waals surface area contributed by atoms with E-state index in [4.69, 9.17) is 9.47 Å². The van der Waals surface area contributed by atoms with Crippen LogP contribution in [0.25, 0.3) is 0 Å².